The standard InChI is InChI=1S/C11H17N3OS/c1-7-6-13-11(16-7)14-10(15)9-4-2-3-8(9)5-12/h6,8-9H,2-5,12H2,1H3,(H,13,14,15). The summed E-state index contributed by atoms with van der Waals surface area (Å²) in [6.45, 7) is 2.58. The largest absolute Gasteiger partial charge is 0.330 e. The van der Waals surface area contributed by atoms with Crippen LogP contribution in [0.25, 0.3) is 0 Å². The van der Waals surface area contributed by atoms with Crippen LogP contribution in [0.15, 0.2) is 6.20 Å². The van der Waals surface area contributed by atoms with E-state index in [1.165, 1.54) is 11.3 Å². The predicted octanol–water partition coefficient (Wildman–Crippen LogP) is 1.77. The fourth-order valence-corrected chi connectivity index (χ4v) is 2.94. The van der Waals surface area contributed by atoms with Gasteiger partial charge in [0.15, 0.2) is 5.13 Å². The Balaban J connectivity index is 1.97. The van der Waals surface area contributed by atoms with Crippen molar-refractivity contribution in [2.45, 2.75) is 26.2 Å². The number of hydrogen-bond donors (Lipinski definition) is 2. The van der Waals surface area contributed by atoms with E-state index in [1.54, 1.807) is 6.20 Å². The van der Waals surface area contributed by atoms with Crippen LogP contribution in [-0.4, -0.2) is 17.4 Å². The second-order valence-corrected chi connectivity index (χ2v) is 5.53. The topological polar surface area (TPSA) is 68.0 Å². The minimum atomic E-state index is 0.0780. The van der Waals surface area contributed by atoms with Gasteiger partial charge in [0.2, 0.25) is 5.91 Å². The molecule has 1 heterocycles. The molecule has 2 unspecified atom stereocenters. The quantitative estimate of drug-likeness (QED) is 0.844. The number of thiazole rings is 1. The van der Waals surface area contributed by atoms with E-state index in [0.29, 0.717) is 17.6 Å². The lowest BCUT2D eigenvalue weighted by molar-refractivity contribution is -0.120. The molecule has 1 aliphatic rings. The molecule has 16 heavy (non-hydrogen) atoms. The lowest BCUT2D eigenvalue weighted by Crippen LogP contribution is -2.29. The zero-order chi connectivity index (χ0) is 11.5. The second-order valence-electron chi connectivity index (χ2n) is 4.30. The average Bonchev–Trinajstić information content (AvgIpc) is 2.86. The number of rotatable bonds is 3. The zero-order valence-electron chi connectivity index (χ0n) is 9.40. The minimum absolute atomic E-state index is 0.0780. The molecule has 1 saturated carbocycles. The van der Waals surface area contributed by atoms with Crippen molar-refractivity contribution in [2.24, 2.45) is 17.6 Å². The Labute approximate surface area is 99.3 Å². The number of aryl methyl sites for hydroxylation is 1. The molecular weight excluding hydrogens is 222 g/mol. The molecule has 88 valence electrons. The molecule has 1 aliphatic carbocycles. The molecule has 0 aromatic carbocycles. The highest BCUT2D eigenvalue weighted by molar-refractivity contribution is 7.15. The monoisotopic (exact) mass is 239 g/mol. The summed E-state index contributed by atoms with van der Waals surface area (Å²) in [5.74, 6) is 0.512. The molecule has 0 bridgehead atoms. The van der Waals surface area contributed by atoms with Gasteiger partial charge in [0.05, 0.1) is 0 Å². The number of aromatic nitrogens is 1. The Morgan fingerprint density at radius 3 is 3.12 bits per heavy atom. The number of carbonyl (C=O) groups excluding carboxylic acids is 1. The molecule has 1 aromatic heterocycles. The van der Waals surface area contributed by atoms with Crippen molar-refractivity contribution >= 4 is 22.4 Å². The number of anilines is 1. The van der Waals surface area contributed by atoms with Gasteiger partial charge in [-0.2, -0.15) is 0 Å². The van der Waals surface area contributed by atoms with Crippen LogP contribution in [0.3, 0.4) is 0 Å². The van der Waals surface area contributed by atoms with Gasteiger partial charge in [-0.3, -0.25) is 4.79 Å². The van der Waals surface area contributed by atoms with Crippen molar-refractivity contribution in [3.8, 4) is 0 Å². The first-order valence-electron chi connectivity index (χ1n) is 5.64. The van der Waals surface area contributed by atoms with Crippen LogP contribution in [0, 0.1) is 18.8 Å². The van der Waals surface area contributed by atoms with Crippen LogP contribution in [0.5, 0.6) is 0 Å². The summed E-state index contributed by atoms with van der Waals surface area (Å²) < 4.78 is 0. The maximum Gasteiger partial charge on any atom is 0.229 e. The van der Waals surface area contributed by atoms with E-state index in [9.17, 15) is 4.79 Å². The summed E-state index contributed by atoms with van der Waals surface area (Å²) in [7, 11) is 0. The molecule has 1 amide bonds. The summed E-state index contributed by atoms with van der Waals surface area (Å²) in [4.78, 5) is 17.2. The fraction of sp³-hybridized carbons (Fsp3) is 0.636. The van der Waals surface area contributed by atoms with Crippen molar-refractivity contribution in [3.05, 3.63) is 11.1 Å². The maximum atomic E-state index is 12.0. The average molecular weight is 239 g/mol. The lowest BCUT2D eigenvalue weighted by Gasteiger charge is -2.16. The summed E-state index contributed by atoms with van der Waals surface area (Å²) in [5.41, 5.74) is 5.67. The smallest absolute Gasteiger partial charge is 0.229 e. The number of nitrogens with two attached hydrogens (primary N) is 1. The first-order valence-corrected chi connectivity index (χ1v) is 6.45. The Hall–Kier alpha value is -0.940. The minimum Gasteiger partial charge on any atom is -0.330 e. The van der Waals surface area contributed by atoms with E-state index in [1.807, 2.05) is 6.92 Å². The van der Waals surface area contributed by atoms with Crippen molar-refractivity contribution in [2.75, 3.05) is 11.9 Å². The van der Waals surface area contributed by atoms with Gasteiger partial charge in [0.25, 0.3) is 0 Å². The number of amides is 1. The van der Waals surface area contributed by atoms with E-state index in [4.69, 9.17) is 5.73 Å². The predicted molar refractivity (Wildman–Crippen MR) is 65.4 cm³/mol. The molecule has 2 atom stereocenters. The highest BCUT2D eigenvalue weighted by Gasteiger charge is 2.32. The number of hydrogen-bond acceptors (Lipinski definition) is 4. The van der Waals surface area contributed by atoms with Gasteiger partial charge in [0.1, 0.15) is 0 Å². The summed E-state index contributed by atoms with van der Waals surface area (Å²) in [6.07, 6.45) is 4.91. The molecule has 2 rings (SSSR count). The van der Waals surface area contributed by atoms with Crippen molar-refractivity contribution in [1.82, 2.24) is 4.98 Å². The molecule has 4 nitrogen and oxygen atoms in total. The van der Waals surface area contributed by atoms with Crippen LogP contribution in [-0.2, 0) is 4.79 Å². The molecule has 0 aliphatic heterocycles. The summed E-state index contributed by atoms with van der Waals surface area (Å²) >= 11 is 1.51. The van der Waals surface area contributed by atoms with Gasteiger partial charge in [-0.25, -0.2) is 4.98 Å². The zero-order valence-corrected chi connectivity index (χ0v) is 10.2. The van der Waals surface area contributed by atoms with Crippen molar-refractivity contribution in [1.29, 1.82) is 0 Å². The van der Waals surface area contributed by atoms with Gasteiger partial charge >= 0.3 is 0 Å². The Morgan fingerprint density at radius 1 is 1.69 bits per heavy atom. The summed E-state index contributed by atoms with van der Waals surface area (Å²) in [5, 5.41) is 3.58. The Bertz CT molecular complexity index is 377. The number of carbonyl (C=O) groups is 1. The molecule has 0 radical (unpaired) electrons. The third-order valence-electron chi connectivity index (χ3n) is 3.15. The van der Waals surface area contributed by atoms with E-state index < -0.39 is 0 Å². The lowest BCUT2D eigenvalue weighted by atomic mass is 9.95. The van der Waals surface area contributed by atoms with E-state index in [-0.39, 0.29) is 11.8 Å². The van der Waals surface area contributed by atoms with Gasteiger partial charge in [0, 0.05) is 17.0 Å². The van der Waals surface area contributed by atoms with Gasteiger partial charge in [-0.15, -0.1) is 11.3 Å². The third-order valence-corrected chi connectivity index (χ3v) is 3.98. The fourth-order valence-electron chi connectivity index (χ4n) is 2.27. The normalized spacial score (nSPS) is 24.6. The van der Waals surface area contributed by atoms with E-state index in [2.05, 4.69) is 10.3 Å². The molecule has 3 N–H and O–H groups in total. The van der Waals surface area contributed by atoms with Gasteiger partial charge < -0.3 is 11.1 Å². The van der Waals surface area contributed by atoms with Crippen LogP contribution in [0.4, 0.5) is 5.13 Å². The van der Waals surface area contributed by atoms with Crippen LogP contribution in [0.2, 0.25) is 0 Å². The SMILES string of the molecule is Cc1cnc(NC(=O)C2CCCC2CN)s1. The summed E-state index contributed by atoms with van der Waals surface area (Å²) in [6, 6.07) is 0. The second kappa shape index (κ2) is 4.93. The van der Waals surface area contributed by atoms with Crippen molar-refractivity contribution in [3.63, 3.8) is 0 Å². The van der Waals surface area contributed by atoms with E-state index >= 15 is 0 Å². The van der Waals surface area contributed by atoms with Crippen LogP contribution in [0.1, 0.15) is 24.1 Å². The van der Waals surface area contributed by atoms with E-state index in [0.717, 1.165) is 24.1 Å². The highest BCUT2D eigenvalue weighted by atomic mass is 32.1. The van der Waals surface area contributed by atoms with Crippen LogP contribution >= 0.6 is 11.3 Å². The first-order chi connectivity index (χ1) is 7.70. The third kappa shape index (κ3) is 2.41. The van der Waals surface area contributed by atoms with Crippen LogP contribution < -0.4 is 11.1 Å². The molecular formula is C11H17N3OS. The molecule has 1 fully saturated rings. The molecule has 0 saturated heterocycles. The van der Waals surface area contributed by atoms with Gasteiger partial charge in [-0.05, 0) is 32.2 Å². The maximum absolute atomic E-state index is 12.0. The van der Waals surface area contributed by atoms with Crippen molar-refractivity contribution < 1.29 is 4.79 Å². The Kier molecular flexibility index (Phi) is 3.56. The molecule has 0 spiro atoms. The highest BCUT2D eigenvalue weighted by Crippen LogP contribution is 2.32. The number of nitrogens with zero attached hydrogens (tertiary/aromatic N) is 1. The first kappa shape index (κ1) is 11.5. The molecule has 1 aromatic rings. The van der Waals surface area contributed by atoms with Gasteiger partial charge in [-0.1, -0.05) is 6.42 Å². The molecule has 5 heteroatoms. The number of nitrogens with one attached hydrogen (secondary N) is 1. The Morgan fingerprint density at radius 2 is 2.50 bits per heavy atom.